The van der Waals surface area contributed by atoms with E-state index in [0.29, 0.717) is 22.6 Å². The zero-order chi connectivity index (χ0) is 27.1. The van der Waals surface area contributed by atoms with Crippen molar-refractivity contribution < 1.29 is 28.7 Å². The van der Waals surface area contributed by atoms with Crippen molar-refractivity contribution in [3.05, 3.63) is 80.7 Å². The first kappa shape index (κ1) is 27.0. The number of amides is 2. The maximum atomic E-state index is 12.6. The number of hydrogen-bond acceptors (Lipinski definition) is 8. The van der Waals surface area contributed by atoms with Gasteiger partial charge in [-0.15, -0.1) is 11.3 Å². The van der Waals surface area contributed by atoms with Gasteiger partial charge >= 0.3 is 23.8 Å². The molecule has 0 saturated carbocycles. The van der Waals surface area contributed by atoms with E-state index in [4.69, 9.17) is 21.1 Å². The molecule has 0 fully saturated rings. The van der Waals surface area contributed by atoms with Crippen molar-refractivity contribution in [3.63, 3.8) is 0 Å². The Kier molecular flexibility index (Phi) is 8.88. The quantitative estimate of drug-likeness (QED) is 0.143. The summed E-state index contributed by atoms with van der Waals surface area (Å²) in [5, 5.41) is 7.04. The van der Waals surface area contributed by atoms with Gasteiger partial charge in [0, 0.05) is 15.5 Å². The van der Waals surface area contributed by atoms with Gasteiger partial charge in [0.1, 0.15) is 10.8 Å². The van der Waals surface area contributed by atoms with E-state index in [0.717, 1.165) is 29.7 Å². The standard InChI is InChI=1S/C27H24ClN3O6S/c1-2-36-27(35)22-19-11-4-6-13-21(19)38-25(22)30-23(32)24(33)31-29-15-17-8-3-5-12-20(17)37-26(34)16-9-7-10-18(28)14-16/h3,5,7-10,12,14-15H,2,4,6,11,13H2,1H3,(H,30,32)(H,31,33)/b29-15+. The van der Waals surface area contributed by atoms with Crippen molar-refractivity contribution in [1.82, 2.24) is 5.43 Å². The minimum atomic E-state index is -1.03. The lowest BCUT2D eigenvalue weighted by Gasteiger charge is -2.12. The molecule has 3 aromatic rings. The highest BCUT2D eigenvalue weighted by molar-refractivity contribution is 7.17. The third-order valence-electron chi connectivity index (χ3n) is 5.64. The molecule has 0 spiro atoms. The van der Waals surface area contributed by atoms with Crippen LogP contribution in [0.15, 0.2) is 53.6 Å². The van der Waals surface area contributed by atoms with E-state index in [1.54, 1.807) is 49.4 Å². The Morgan fingerprint density at radius 3 is 2.61 bits per heavy atom. The monoisotopic (exact) mass is 553 g/mol. The molecule has 196 valence electrons. The first-order valence-electron chi connectivity index (χ1n) is 11.9. The predicted octanol–water partition coefficient (Wildman–Crippen LogP) is 4.77. The van der Waals surface area contributed by atoms with Crippen molar-refractivity contribution in [1.29, 1.82) is 0 Å². The fraction of sp³-hybridized carbons (Fsp3) is 0.222. The van der Waals surface area contributed by atoms with Gasteiger partial charge in [-0.2, -0.15) is 5.10 Å². The fourth-order valence-electron chi connectivity index (χ4n) is 3.90. The highest BCUT2D eigenvalue weighted by Gasteiger charge is 2.28. The van der Waals surface area contributed by atoms with Crippen LogP contribution in [-0.2, 0) is 27.2 Å². The molecule has 9 nitrogen and oxygen atoms in total. The van der Waals surface area contributed by atoms with Gasteiger partial charge in [0.25, 0.3) is 0 Å². The molecule has 0 radical (unpaired) electrons. The molecule has 4 rings (SSSR count). The number of anilines is 1. The number of carbonyl (C=O) groups excluding carboxylic acids is 4. The van der Waals surface area contributed by atoms with E-state index in [9.17, 15) is 19.2 Å². The highest BCUT2D eigenvalue weighted by atomic mass is 35.5. The van der Waals surface area contributed by atoms with Crippen molar-refractivity contribution in [3.8, 4) is 5.75 Å². The van der Waals surface area contributed by atoms with E-state index >= 15 is 0 Å². The van der Waals surface area contributed by atoms with E-state index in [1.807, 2.05) is 0 Å². The van der Waals surface area contributed by atoms with Crippen LogP contribution in [0.5, 0.6) is 5.75 Å². The number of esters is 2. The first-order chi connectivity index (χ1) is 18.4. The van der Waals surface area contributed by atoms with Gasteiger partial charge in [0.2, 0.25) is 0 Å². The molecule has 2 N–H and O–H groups in total. The third-order valence-corrected chi connectivity index (χ3v) is 7.08. The second-order valence-electron chi connectivity index (χ2n) is 8.23. The zero-order valence-corrected chi connectivity index (χ0v) is 22.0. The van der Waals surface area contributed by atoms with E-state index < -0.39 is 23.8 Å². The molecule has 2 amide bonds. The Bertz CT molecular complexity index is 1420. The Morgan fingerprint density at radius 2 is 1.82 bits per heavy atom. The molecule has 1 aliphatic carbocycles. The van der Waals surface area contributed by atoms with Gasteiger partial charge in [-0.25, -0.2) is 15.0 Å². The number of hydrogen-bond donors (Lipinski definition) is 2. The Labute approximate surface area is 227 Å². The number of benzene rings is 2. The van der Waals surface area contributed by atoms with E-state index in [-0.39, 0.29) is 22.9 Å². The minimum Gasteiger partial charge on any atom is -0.462 e. The smallest absolute Gasteiger partial charge is 0.343 e. The predicted molar refractivity (Wildman–Crippen MR) is 144 cm³/mol. The molecule has 0 aliphatic heterocycles. The number of thiophene rings is 1. The number of carbonyl (C=O) groups is 4. The van der Waals surface area contributed by atoms with Crippen molar-refractivity contribution in [2.45, 2.75) is 32.6 Å². The molecular weight excluding hydrogens is 530 g/mol. The topological polar surface area (TPSA) is 123 Å². The molecular formula is C27H24ClN3O6S. The van der Waals surface area contributed by atoms with Crippen LogP contribution in [-0.4, -0.2) is 36.6 Å². The molecule has 0 unspecified atom stereocenters. The molecule has 1 aliphatic rings. The summed E-state index contributed by atoms with van der Waals surface area (Å²) in [5.41, 5.74) is 4.00. The molecule has 11 heteroatoms. The molecule has 0 bridgehead atoms. The number of nitrogens with one attached hydrogen (secondary N) is 2. The summed E-state index contributed by atoms with van der Waals surface area (Å²) in [4.78, 5) is 51.0. The summed E-state index contributed by atoms with van der Waals surface area (Å²) in [7, 11) is 0. The first-order valence-corrected chi connectivity index (χ1v) is 13.1. The number of para-hydroxylation sites is 1. The lowest BCUT2D eigenvalue weighted by atomic mass is 9.95. The van der Waals surface area contributed by atoms with Crippen LogP contribution in [0.25, 0.3) is 0 Å². The number of aryl methyl sites for hydroxylation is 1. The second kappa shape index (κ2) is 12.5. The zero-order valence-electron chi connectivity index (χ0n) is 20.4. The van der Waals surface area contributed by atoms with Gasteiger partial charge in [-0.05, 0) is 68.5 Å². The molecule has 2 aromatic carbocycles. The van der Waals surface area contributed by atoms with Gasteiger partial charge in [0.05, 0.1) is 23.9 Å². The lowest BCUT2D eigenvalue weighted by Crippen LogP contribution is -2.32. The Hall–Kier alpha value is -4.02. The van der Waals surface area contributed by atoms with Crippen molar-refractivity contribution in [2.24, 2.45) is 5.10 Å². The SMILES string of the molecule is CCOC(=O)c1c(NC(=O)C(=O)N/N=C/c2ccccc2OC(=O)c2cccc(Cl)c2)sc2c1CCCC2. The van der Waals surface area contributed by atoms with Gasteiger partial charge in [0.15, 0.2) is 0 Å². The number of nitrogens with zero attached hydrogens (tertiary/aromatic N) is 1. The number of ether oxygens (including phenoxy) is 2. The van der Waals surface area contributed by atoms with Gasteiger partial charge < -0.3 is 14.8 Å². The van der Waals surface area contributed by atoms with Crippen LogP contribution in [0.1, 0.15) is 56.5 Å². The summed E-state index contributed by atoms with van der Waals surface area (Å²) < 4.78 is 10.6. The van der Waals surface area contributed by atoms with Crippen LogP contribution in [0, 0.1) is 0 Å². The second-order valence-corrected chi connectivity index (χ2v) is 9.77. The van der Waals surface area contributed by atoms with Gasteiger partial charge in [-0.1, -0.05) is 29.8 Å². The van der Waals surface area contributed by atoms with Crippen LogP contribution in [0.3, 0.4) is 0 Å². The van der Waals surface area contributed by atoms with E-state index in [1.165, 1.54) is 23.6 Å². The van der Waals surface area contributed by atoms with Crippen molar-refractivity contribution >= 4 is 57.9 Å². The molecule has 1 heterocycles. The number of halogens is 1. The van der Waals surface area contributed by atoms with Crippen molar-refractivity contribution in [2.75, 3.05) is 11.9 Å². The maximum Gasteiger partial charge on any atom is 0.343 e. The highest BCUT2D eigenvalue weighted by Crippen LogP contribution is 2.38. The number of rotatable bonds is 7. The average Bonchev–Trinajstić information content (AvgIpc) is 3.27. The average molecular weight is 554 g/mol. The van der Waals surface area contributed by atoms with Gasteiger partial charge in [-0.3, -0.25) is 9.59 Å². The molecule has 1 aromatic heterocycles. The summed E-state index contributed by atoms with van der Waals surface area (Å²) in [6.45, 7) is 1.90. The number of fused-ring (bicyclic) bond motifs is 1. The van der Waals surface area contributed by atoms with E-state index in [2.05, 4.69) is 15.8 Å². The lowest BCUT2D eigenvalue weighted by molar-refractivity contribution is -0.136. The Morgan fingerprint density at radius 1 is 1.03 bits per heavy atom. The largest absolute Gasteiger partial charge is 0.462 e. The Balaban J connectivity index is 1.42. The van der Waals surface area contributed by atoms with Crippen LogP contribution >= 0.6 is 22.9 Å². The summed E-state index contributed by atoms with van der Waals surface area (Å²) >= 11 is 7.22. The normalized spacial score (nSPS) is 12.5. The summed E-state index contributed by atoms with van der Waals surface area (Å²) in [6, 6.07) is 12.9. The third kappa shape index (κ3) is 6.45. The molecule has 0 saturated heterocycles. The molecule has 0 atom stereocenters. The summed E-state index contributed by atoms with van der Waals surface area (Å²) in [5.74, 6) is -2.96. The van der Waals surface area contributed by atoms with Crippen LogP contribution in [0.2, 0.25) is 5.02 Å². The fourth-order valence-corrected chi connectivity index (χ4v) is 5.36. The summed E-state index contributed by atoms with van der Waals surface area (Å²) in [6.07, 6.45) is 4.70. The molecule has 38 heavy (non-hydrogen) atoms. The van der Waals surface area contributed by atoms with Crippen LogP contribution in [0.4, 0.5) is 5.00 Å². The van der Waals surface area contributed by atoms with Crippen LogP contribution < -0.4 is 15.5 Å². The number of hydrazone groups is 1. The maximum absolute atomic E-state index is 12.6. The minimum absolute atomic E-state index is 0.196.